The third-order valence-electron chi connectivity index (χ3n) is 4.89. The number of hydrogen-bond acceptors (Lipinski definition) is 3. The molecule has 1 aliphatic rings. The van der Waals surface area contributed by atoms with Gasteiger partial charge in [-0.25, -0.2) is 0 Å². The summed E-state index contributed by atoms with van der Waals surface area (Å²) < 4.78 is 5.52. The van der Waals surface area contributed by atoms with Crippen molar-refractivity contribution in [1.82, 2.24) is 0 Å². The monoisotopic (exact) mass is 413 g/mol. The first-order valence-corrected chi connectivity index (χ1v) is 11.1. The van der Waals surface area contributed by atoms with E-state index < -0.39 is 0 Å². The van der Waals surface area contributed by atoms with E-state index >= 15 is 0 Å². The van der Waals surface area contributed by atoms with Crippen LogP contribution in [0.2, 0.25) is 0 Å². The summed E-state index contributed by atoms with van der Waals surface area (Å²) in [7, 11) is 0. The maximum Gasteiger partial charge on any atom is 0.262 e. The summed E-state index contributed by atoms with van der Waals surface area (Å²) in [6.07, 6.45) is 5.94. The van der Waals surface area contributed by atoms with Gasteiger partial charge in [-0.15, -0.1) is 11.8 Å². The summed E-state index contributed by atoms with van der Waals surface area (Å²) in [5.41, 5.74) is 4.43. The predicted octanol–water partition coefficient (Wildman–Crippen LogP) is 6.28. The average Bonchev–Trinajstić information content (AvgIpc) is 3.11. The van der Waals surface area contributed by atoms with E-state index in [9.17, 15) is 4.79 Å². The number of ether oxygens (including phenoxy) is 1. The molecule has 0 N–H and O–H groups in total. The lowest BCUT2D eigenvalue weighted by Crippen LogP contribution is -2.25. The van der Waals surface area contributed by atoms with Crippen molar-refractivity contribution >= 4 is 35.1 Å². The minimum atomic E-state index is -0.0239. The van der Waals surface area contributed by atoms with E-state index in [0.29, 0.717) is 12.2 Å². The number of amides is 1. The maximum absolute atomic E-state index is 13.5. The van der Waals surface area contributed by atoms with E-state index in [1.165, 1.54) is 0 Å². The van der Waals surface area contributed by atoms with E-state index in [4.69, 9.17) is 4.74 Å². The fraction of sp³-hybridized carbons (Fsp3) is 0.115. The Balaban J connectivity index is 1.78. The van der Waals surface area contributed by atoms with Crippen LogP contribution < -0.4 is 9.64 Å². The van der Waals surface area contributed by atoms with Crippen LogP contribution in [0.25, 0.3) is 11.8 Å². The number of para-hydroxylation sites is 1. The van der Waals surface area contributed by atoms with Crippen molar-refractivity contribution in [2.75, 3.05) is 17.8 Å². The molecule has 3 aromatic carbocycles. The van der Waals surface area contributed by atoms with Gasteiger partial charge < -0.3 is 4.74 Å². The molecule has 0 atom stereocenters. The van der Waals surface area contributed by atoms with Crippen LogP contribution in [-0.2, 0) is 4.79 Å². The largest absolute Gasteiger partial charge is 0.494 e. The Morgan fingerprint density at radius 3 is 2.33 bits per heavy atom. The van der Waals surface area contributed by atoms with E-state index in [2.05, 4.69) is 0 Å². The van der Waals surface area contributed by atoms with Crippen LogP contribution in [-0.4, -0.2) is 18.8 Å². The van der Waals surface area contributed by atoms with E-state index in [1.807, 2.05) is 109 Å². The molecule has 4 rings (SSSR count). The second kappa shape index (κ2) is 9.06. The quantitative estimate of drug-likeness (QED) is 0.352. The lowest BCUT2D eigenvalue weighted by Gasteiger charge is -2.23. The molecule has 0 aromatic heterocycles. The molecule has 0 aliphatic carbocycles. The molecular weight excluding hydrogens is 390 g/mol. The van der Waals surface area contributed by atoms with Crippen LogP contribution in [0.3, 0.4) is 0 Å². The topological polar surface area (TPSA) is 29.5 Å². The van der Waals surface area contributed by atoms with Gasteiger partial charge in [0.2, 0.25) is 0 Å². The molecule has 150 valence electrons. The number of hydrogen-bond donors (Lipinski definition) is 0. The smallest absolute Gasteiger partial charge is 0.262 e. The van der Waals surface area contributed by atoms with Gasteiger partial charge in [0.05, 0.1) is 18.0 Å². The molecule has 4 heteroatoms. The van der Waals surface area contributed by atoms with Crippen LogP contribution in [0.15, 0.2) is 95.4 Å². The zero-order valence-electron chi connectivity index (χ0n) is 17.0. The number of nitrogens with zero attached hydrogens (tertiary/aromatic N) is 1. The number of carbonyl (C=O) groups is 1. The fourth-order valence-electron chi connectivity index (χ4n) is 3.50. The van der Waals surface area contributed by atoms with Crippen molar-refractivity contribution in [2.45, 2.75) is 11.8 Å². The van der Waals surface area contributed by atoms with Crippen molar-refractivity contribution < 1.29 is 9.53 Å². The van der Waals surface area contributed by atoms with Crippen molar-refractivity contribution in [2.24, 2.45) is 0 Å². The first kappa shape index (κ1) is 20.0. The molecule has 0 bridgehead atoms. The Bertz CT molecular complexity index is 1100. The molecule has 0 saturated carbocycles. The number of benzene rings is 3. The molecule has 0 saturated heterocycles. The Kier molecular flexibility index (Phi) is 6.05. The number of rotatable bonds is 6. The Labute approximate surface area is 181 Å². The predicted molar refractivity (Wildman–Crippen MR) is 126 cm³/mol. The molecule has 1 aliphatic heterocycles. The maximum atomic E-state index is 13.5. The average molecular weight is 414 g/mol. The molecule has 0 unspecified atom stereocenters. The van der Waals surface area contributed by atoms with Crippen LogP contribution in [0, 0.1) is 0 Å². The van der Waals surface area contributed by atoms with Gasteiger partial charge in [0.25, 0.3) is 5.91 Å². The molecule has 30 heavy (non-hydrogen) atoms. The SMILES string of the molecule is CCOc1ccc(/C=C2\C=C(c3ccccc3)N(c3ccccc3SC)C2=O)cc1. The van der Waals surface area contributed by atoms with Crippen molar-refractivity contribution in [1.29, 1.82) is 0 Å². The highest BCUT2D eigenvalue weighted by molar-refractivity contribution is 7.98. The third kappa shape index (κ3) is 4.05. The van der Waals surface area contributed by atoms with E-state index in [1.54, 1.807) is 11.8 Å². The summed E-state index contributed by atoms with van der Waals surface area (Å²) >= 11 is 1.64. The van der Waals surface area contributed by atoms with Crippen LogP contribution in [0.4, 0.5) is 5.69 Å². The second-order valence-corrected chi connectivity index (χ2v) is 7.66. The van der Waals surface area contributed by atoms with Crippen molar-refractivity contribution in [3.63, 3.8) is 0 Å². The first-order chi connectivity index (χ1) is 14.7. The van der Waals surface area contributed by atoms with Crippen LogP contribution in [0.1, 0.15) is 18.1 Å². The van der Waals surface area contributed by atoms with Crippen LogP contribution in [0.5, 0.6) is 5.75 Å². The third-order valence-corrected chi connectivity index (χ3v) is 5.68. The highest BCUT2D eigenvalue weighted by Crippen LogP contribution is 2.39. The number of thioether (sulfide) groups is 1. The minimum absolute atomic E-state index is 0.0239. The molecule has 1 amide bonds. The first-order valence-electron chi connectivity index (χ1n) is 9.90. The van der Waals surface area contributed by atoms with Gasteiger partial charge in [-0.1, -0.05) is 54.6 Å². The summed E-state index contributed by atoms with van der Waals surface area (Å²) in [4.78, 5) is 16.4. The second-order valence-electron chi connectivity index (χ2n) is 6.81. The van der Waals surface area contributed by atoms with Gasteiger partial charge in [0, 0.05) is 10.5 Å². The van der Waals surface area contributed by atoms with Gasteiger partial charge in [-0.2, -0.15) is 0 Å². The lowest BCUT2D eigenvalue weighted by atomic mass is 10.1. The Morgan fingerprint density at radius 1 is 0.933 bits per heavy atom. The fourth-order valence-corrected chi connectivity index (χ4v) is 4.08. The summed E-state index contributed by atoms with van der Waals surface area (Å²) in [6.45, 7) is 2.59. The molecule has 1 heterocycles. The zero-order valence-corrected chi connectivity index (χ0v) is 17.9. The van der Waals surface area contributed by atoms with Gasteiger partial charge >= 0.3 is 0 Å². The number of anilines is 1. The van der Waals surface area contributed by atoms with E-state index in [-0.39, 0.29) is 5.91 Å². The molecule has 0 radical (unpaired) electrons. The number of carbonyl (C=O) groups excluding carboxylic acids is 1. The van der Waals surface area contributed by atoms with Crippen molar-refractivity contribution in [3.8, 4) is 5.75 Å². The lowest BCUT2D eigenvalue weighted by molar-refractivity contribution is -0.113. The highest BCUT2D eigenvalue weighted by Gasteiger charge is 2.31. The van der Waals surface area contributed by atoms with Crippen LogP contribution >= 0.6 is 11.8 Å². The molecule has 0 fully saturated rings. The summed E-state index contributed by atoms with van der Waals surface area (Å²) in [5, 5.41) is 0. The zero-order chi connectivity index (χ0) is 20.9. The highest BCUT2D eigenvalue weighted by atomic mass is 32.2. The van der Waals surface area contributed by atoms with Gasteiger partial charge in [0.1, 0.15) is 5.75 Å². The Hall–Kier alpha value is -3.24. The summed E-state index contributed by atoms with van der Waals surface area (Å²) in [5.74, 6) is 0.803. The van der Waals surface area contributed by atoms with Gasteiger partial charge in [-0.05, 0) is 60.7 Å². The van der Waals surface area contributed by atoms with Gasteiger partial charge in [-0.3, -0.25) is 9.69 Å². The van der Waals surface area contributed by atoms with Crippen molar-refractivity contribution in [3.05, 3.63) is 102 Å². The van der Waals surface area contributed by atoms with E-state index in [0.717, 1.165) is 33.2 Å². The summed E-state index contributed by atoms with van der Waals surface area (Å²) in [6, 6.07) is 25.9. The molecule has 0 spiro atoms. The molecule has 3 aromatic rings. The molecular formula is C26H23NO2S. The van der Waals surface area contributed by atoms with Gasteiger partial charge in [0.15, 0.2) is 0 Å². The molecule has 3 nitrogen and oxygen atoms in total. The standard InChI is InChI=1S/C26H23NO2S/c1-3-29-22-15-13-19(14-16-22)17-21-18-24(20-9-5-4-6-10-20)27(26(21)28)23-11-7-8-12-25(23)30-2/h4-18H,3H2,1-2H3/b21-17+. The minimum Gasteiger partial charge on any atom is -0.494 e. The Morgan fingerprint density at radius 2 is 1.63 bits per heavy atom. The normalized spacial score (nSPS) is 14.9.